The van der Waals surface area contributed by atoms with Crippen molar-refractivity contribution >= 4 is 11.6 Å². The number of amides is 1. The lowest BCUT2D eigenvalue weighted by atomic mass is 9.86. The van der Waals surface area contributed by atoms with Crippen molar-refractivity contribution in [3.05, 3.63) is 29.8 Å². The maximum absolute atomic E-state index is 12.6. The molecule has 1 aromatic carbocycles. The molecular weight excluding hydrogens is 269 g/mol. The highest BCUT2D eigenvalue weighted by atomic mass is 19.4. The van der Waals surface area contributed by atoms with Crippen LogP contribution in [0.1, 0.15) is 31.2 Å². The first-order chi connectivity index (χ1) is 9.36. The molecule has 1 aliphatic rings. The summed E-state index contributed by atoms with van der Waals surface area (Å²) >= 11 is 0. The van der Waals surface area contributed by atoms with E-state index in [1.54, 1.807) is 0 Å². The molecule has 0 aliphatic heterocycles. The van der Waals surface area contributed by atoms with E-state index >= 15 is 0 Å². The smallest absolute Gasteiger partial charge is 0.328 e. The van der Waals surface area contributed by atoms with Crippen LogP contribution >= 0.6 is 0 Å². The van der Waals surface area contributed by atoms with Gasteiger partial charge in [0, 0.05) is 17.6 Å². The lowest BCUT2D eigenvalue weighted by Gasteiger charge is -2.25. The summed E-state index contributed by atoms with van der Waals surface area (Å²) in [6, 6.07) is 4.81. The van der Waals surface area contributed by atoms with Gasteiger partial charge >= 0.3 is 6.18 Å². The zero-order chi connectivity index (χ0) is 14.8. The van der Waals surface area contributed by atoms with Crippen molar-refractivity contribution in [2.75, 3.05) is 5.32 Å². The number of carbonyl (C=O) groups excluding carboxylic acids is 1. The molecule has 1 amide bonds. The predicted molar refractivity (Wildman–Crippen MR) is 70.0 cm³/mol. The number of halogens is 3. The van der Waals surface area contributed by atoms with Crippen molar-refractivity contribution in [1.29, 1.82) is 0 Å². The normalized spacial score (nSPS) is 23.4. The van der Waals surface area contributed by atoms with Crippen LogP contribution in [0.15, 0.2) is 24.3 Å². The minimum Gasteiger partial charge on any atom is -0.328 e. The number of rotatable bonds is 2. The van der Waals surface area contributed by atoms with Crippen molar-refractivity contribution in [2.24, 2.45) is 11.7 Å². The Morgan fingerprint density at radius 2 is 1.85 bits per heavy atom. The first kappa shape index (κ1) is 14.8. The third-order valence-corrected chi connectivity index (χ3v) is 3.60. The maximum atomic E-state index is 12.6. The second-order valence-corrected chi connectivity index (χ2v) is 5.18. The number of anilines is 1. The first-order valence-electron chi connectivity index (χ1n) is 6.60. The number of hydrogen-bond donors (Lipinski definition) is 2. The number of hydrogen-bond acceptors (Lipinski definition) is 2. The van der Waals surface area contributed by atoms with Crippen LogP contribution in [0.2, 0.25) is 0 Å². The molecule has 0 atom stereocenters. The average molecular weight is 286 g/mol. The molecule has 6 heteroatoms. The van der Waals surface area contributed by atoms with Gasteiger partial charge < -0.3 is 11.1 Å². The third kappa shape index (κ3) is 3.72. The summed E-state index contributed by atoms with van der Waals surface area (Å²) < 4.78 is 37.7. The van der Waals surface area contributed by atoms with E-state index < -0.39 is 11.7 Å². The van der Waals surface area contributed by atoms with Crippen LogP contribution in [0.25, 0.3) is 0 Å². The molecule has 20 heavy (non-hydrogen) atoms. The molecule has 0 radical (unpaired) electrons. The topological polar surface area (TPSA) is 55.1 Å². The quantitative estimate of drug-likeness (QED) is 0.877. The van der Waals surface area contributed by atoms with Gasteiger partial charge in [0.05, 0.1) is 5.56 Å². The van der Waals surface area contributed by atoms with Gasteiger partial charge in [0.2, 0.25) is 5.91 Å². The fraction of sp³-hybridized carbons (Fsp3) is 0.500. The zero-order valence-electron chi connectivity index (χ0n) is 10.9. The summed E-state index contributed by atoms with van der Waals surface area (Å²) in [6.45, 7) is 0. The Balaban J connectivity index is 2.01. The Kier molecular flexibility index (Phi) is 4.32. The van der Waals surface area contributed by atoms with Gasteiger partial charge in [0.25, 0.3) is 0 Å². The van der Waals surface area contributed by atoms with Crippen LogP contribution in [0.3, 0.4) is 0 Å². The minimum absolute atomic E-state index is 0.132. The summed E-state index contributed by atoms with van der Waals surface area (Å²) in [6.07, 6.45) is -1.47. The van der Waals surface area contributed by atoms with Gasteiger partial charge in [0.15, 0.2) is 0 Å². The van der Waals surface area contributed by atoms with E-state index in [2.05, 4.69) is 5.32 Å². The largest absolute Gasteiger partial charge is 0.416 e. The van der Waals surface area contributed by atoms with E-state index in [9.17, 15) is 18.0 Å². The van der Waals surface area contributed by atoms with E-state index in [0.717, 1.165) is 25.0 Å². The molecule has 1 fully saturated rings. The highest BCUT2D eigenvalue weighted by molar-refractivity contribution is 5.92. The highest BCUT2D eigenvalue weighted by Crippen LogP contribution is 2.31. The van der Waals surface area contributed by atoms with Crippen molar-refractivity contribution in [2.45, 2.75) is 37.9 Å². The lowest BCUT2D eigenvalue weighted by Crippen LogP contribution is -2.32. The molecule has 0 saturated heterocycles. The van der Waals surface area contributed by atoms with Gasteiger partial charge in [0.1, 0.15) is 0 Å². The summed E-state index contributed by atoms with van der Waals surface area (Å²) in [5, 5.41) is 2.56. The van der Waals surface area contributed by atoms with Gasteiger partial charge in [-0.2, -0.15) is 13.2 Å². The van der Waals surface area contributed by atoms with Crippen molar-refractivity contribution in [1.82, 2.24) is 0 Å². The van der Waals surface area contributed by atoms with E-state index in [-0.39, 0.29) is 23.6 Å². The van der Waals surface area contributed by atoms with Gasteiger partial charge in [-0.25, -0.2) is 0 Å². The number of alkyl halides is 3. The van der Waals surface area contributed by atoms with Crippen LogP contribution in [-0.4, -0.2) is 11.9 Å². The van der Waals surface area contributed by atoms with E-state index in [1.807, 2.05) is 0 Å². The number of nitrogens with one attached hydrogen (secondary N) is 1. The zero-order valence-corrected chi connectivity index (χ0v) is 10.9. The van der Waals surface area contributed by atoms with E-state index in [4.69, 9.17) is 5.73 Å². The second kappa shape index (κ2) is 5.83. The summed E-state index contributed by atoms with van der Waals surface area (Å²) in [5.74, 6) is -0.388. The Labute approximate surface area is 115 Å². The maximum Gasteiger partial charge on any atom is 0.416 e. The first-order valence-corrected chi connectivity index (χ1v) is 6.60. The average Bonchev–Trinajstić information content (AvgIpc) is 2.38. The SMILES string of the molecule is NC1CCC(C(=O)Nc2cccc(C(F)(F)F)c2)CC1. The molecule has 0 aromatic heterocycles. The Morgan fingerprint density at radius 1 is 1.20 bits per heavy atom. The molecule has 0 heterocycles. The third-order valence-electron chi connectivity index (χ3n) is 3.60. The molecule has 1 aliphatic carbocycles. The molecule has 110 valence electrons. The molecule has 3 N–H and O–H groups in total. The second-order valence-electron chi connectivity index (χ2n) is 5.18. The monoisotopic (exact) mass is 286 g/mol. The Hall–Kier alpha value is -1.56. The molecule has 1 saturated carbocycles. The van der Waals surface area contributed by atoms with Gasteiger partial charge in [-0.1, -0.05) is 6.07 Å². The molecule has 1 aromatic rings. The molecule has 0 bridgehead atoms. The molecule has 2 rings (SSSR count). The van der Waals surface area contributed by atoms with E-state index in [0.29, 0.717) is 12.8 Å². The number of benzene rings is 1. The van der Waals surface area contributed by atoms with Crippen molar-refractivity contribution < 1.29 is 18.0 Å². The van der Waals surface area contributed by atoms with Crippen LogP contribution in [-0.2, 0) is 11.0 Å². The van der Waals surface area contributed by atoms with Crippen LogP contribution < -0.4 is 11.1 Å². The summed E-state index contributed by atoms with van der Waals surface area (Å²) in [7, 11) is 0. The Morgan fingerprint density at radius 3 is 2.45 bits per heavy atom. The van der Waals surface area contributed by atoms with Crippen LogP contribution in [0, 0.1) is 5.92 Å². The molecule has 3 nitrogen and oxygen atoms in total. The summed E-state index contributed by atoms with van der Waals surface area (Å²) in [4.78, 5) is 12.0. The number of nitrogens with two attached hydrogens (primary N) is 1. The highest BCUT2D eigenvalue weighted by Gasteiger charge is 2.31. The molecule has 0 unspecified atom stereocenters. The fourth-order valence-electron chi connectivity index (χ4n) is 2.40. The van der Waals surface area contributed by atoms with Gasteiger partial charge in [-0.3, -0.25) is 4.79 Å². The molecular formula is C14H17F3N2O. The predicted octanol–water partition coefficient (Wildman–Crippen LogP) is 3.16. The fourth-order valence-corrected chi connectivity index (χ4v) is 2.40. The number of carbonyl (C=O) groups is 1. The van der Waals surface area contributed by atoms with E-state index in [1.165, 1.54) is 12.1 Å². The summed E-state index contributed by atoms with van der Waals surface area (Å²) in [5.41, 5.74) is 5.18. The Bertz CT molecular complexity index is 480. The van der Waals surface area contributed by atoms with Crippen molar-refractivity contribution in [3.8, 4) is 0 Å². The van der Waals surface area contributed by atoms with Gasteiger partial charge in [-0.15, -0.1) is 0 Å². The van der Waals surface area contributed by atoms with Crippen LogP contribution in [0.5, 0.6) is 0 Å². The van der Waals surface area contributed by atoms with Crippen LogP contribution in [0.4, 0.5) is 18.9 Å². The lowest BCUT2D eigenvalue weighted by molar-refractivity contribution is -0.137. The molecule has 0 spiro atoms. The van der Waals surface area contributed by atoms with Crippen molar-refractivity contribution in [3.63, 3.8) is 0 Å². The minimum atomic E-state index is -4.40. The van der Waals surface area contributed by atoms with Gasteiger partial charge in [-0.05, 0) is 43.9 Å². The standard InChI is InChI=1S/C14H17F3N2O/c15-14(16,17)10-2-1-3-12(8-10)19-13(20)9-4-6-11(18)7-5-9/h1-3,8-9,11H,4-7,18H2,(H,19,20).